The fourth-order valence-corrected chi connectivity index (χ4v) is 4.03. The third-order valence-corrected chi connectivity index (χ3v) is 5.42. The van der Waals surface area contributed by atoms with Crippen LogP contribution in [0.5, 0.6) is 0 Å². The number of aromatic amines is 1. The first-order chi connectivity index (χ1) is 15.4. The van der Waals surface area contributed by atoms with Crippen LogP contribution in [0.3, 0.4) is 0 Å². The molecule has 2 aromatic carbocycles. The number of H-pyrrole nitrogens is 1. The Labute approximate surface area is 210 Å². The molecule has 34 heavy (non-hydrogen) atoms. The molecule has 3 heterocycles. The predicted molar refractivity (Wildman–Crippen MR) is 141 cm³/mol. The minimum Gasteiger partial charge on any atom is -0.390 e. The van der Waals surface area contributed by atoms with E-state index in [0.29, 0.717) is 6.61 Å². The molecule has 0 aliphatic heterocycles. The molecule has 0 unspecified atom stereocenters. The molecular weight excluding hydrogens is 469 g/mol. The van der Waals surface area contributed by atoms with Gasteiger partial charge in [0.15, 0.2) is 0 Å². The minimum absolute atomic E-state index is 0. The van der Waals surface area contributed by atoms with Crippen molar-refractivity contribution >= 4 is 41.6 Å². The molecule has 1 aliphatic rings. The van der Waals surface area contributed by atoms with E-state index in [1.165, 1.54) is 0 Å². The fraction of sp³-hybridized carbons (Fsp3) is 0.0769. The monoisotopic (exact) mass is 491 g/mol. The number of rotatable bonds is 4. The van der Waals surface area contributed by atoms with Crippen LogP contribution < -0.4 is 0 Å². The number of nitrogens with one attached hydrogen (secondary N) is 1. The Bertz CT molecular complexity index is 1420. The van der Waals surface area contributed by atoms with Crippen molar-refractivity contribution in [2.75, 3.05) is 0 Å². The molecule has 0 atom stereocenters. The van der Waals surface area contributed by atoms with Gasteiger partial charge in [0.25, 0.3) is 0 Å². The summed E-state index contributed by atoms with van der Waals surface area (Å²) in [5.74, 6) is 0.812. The SMILES string of the molecule is C.Cl.Cl.c1cncc(CO/N=C2\c3ccccc3-c3c2cccc3-c2nc3ccncc3[nH]2)c1. The van der Waals surface area contributed by atoms with E-state index >= 15 is 0 Å². The highest BCUT2D eigenvalue weighted by atomic mass is 35.5. The van der Waals surface area contributed by atoms with Gasteiger partial charge in [0.2, 0.25) is 0 Å². The van der Waals surface area contributed by atoms with Gasteiger partial charge >= 0.3 is 0 Å². The number of fused-ring (bicyclic) bond motifs is 4. The number of pyridine rings is 2. The molecule has 0 spiro atoms. The van der Waals surface area contributed by atoms with E-state index in [1.54, 1.807) is 24.8 Å². The normalized spacial score (nSPS) is 12.2. The van der Waals surface area contributed by atoms with Crippen LogP contribution in [-0.4, -0.2) is 25.6 Å². The zero-order chi connectivity index (χ0) is 20.6. The number of oxime groups is 1. The lowest BCUT2D eigenvalue weighted by Crippen LogP contribution is -2.00. The number of halogens is 2. The van der Waals surface area contributed by atoms with Crippen LogP contribution >= 0.6 is 24.8 Å². The summed E-state index contributed by atoms with van der Waals surface area (Å²) < 4.78 is 0. The van der Waals surface area contributed by atoms with Crippen molar-refractivity contribution in [1.29, 1.82) is 0 Å². The van der Waals surface area contributed by atoms with Gasteiger partial charge in [0, 0.05) is 46.4 Å². The van der Waals surface area contributed by atoms with Crippen molar-refractivity contribution in [2.45, 2.75) is 14.0 Å². The van der Waals surface area contributed by atoms with Gasteiger partial charge in [-0.15, -0.1) is 24.8 Å². The van der Waals surface area contributed by atoms with E-state index in [1.807, 2.05) is 36.4 Å². The topological polar surface area (TPSA) is 76.1 Å². The van der Waals surface area contributed by atoms with Gasteiger partial charge < -0.3 is 9.82 Å². The van der Waals surface area contributed by atoms with Crippen molar-refractivity contribution in [1.82, 2.24) is 19.9 Å². The van der Waals surface area contributed by atoms with Gasteiger partial charge in [-0.2, -0.15) is 0 Å². The predicted octanol–water partition coefficient (Wildman–Crippen LogP) is 6.45. The summed E-state index contributed by atoms with van der Waals surface area (Å²) in [7, 11) is 0. The average molecular weight is 492 g/mol. The third-order valence-electron chi connectivity index (χ3n) is 5.42. The smallest absolute Gasteiger partial charge is 0.143 e. The molecule has 5 aromatic rings. The highest BCUT2D eigenvalue weighted by Gasteiger charge is 2.28. The molecule has 172 valence electrons. The first-order valence-corrected chi connectivity index (χ1v) is 10.0. The second kappa shape index (κ2) is 10.5. The van der Waals surface area contributed by atoms with Crippen LogP contribution in [0.4, 0.5) is 0 Å². The molecule has 0 bridgehead atoms. The van der Waals surface area contributed by atoms with Crippen molar-refractivity contribution in [2.24, 2.45) is 5.16 Å². The van der Waals surface area contributed by atoms with Gasteiger partial charge in [0.05, 0.1) is 17.2 Å². The van der Waals surface area contributed by atoms with E-state index in [2.05, 4.69) is 44.4 Å². The van der Waals surface area contributed by atoms with E-state index in [0.717, 1.165) is 56.0 Å². The van der Waals surface area contributed by atoms with Crippen molar-refractivity contribution in [3.05, 3.63) is 102 Å². The number of hydrogen-bond acceptors (Lipinski definition) is 5. The van der Waals surface area contributed by atoms with Gasteiger partial charge in [-0.1, -0.05) is 61.1 Å². The number of hydrogen-bond donors (Lipinski definition) is 1. The van der Waals surface area contributed by atoms with Crippen LogP contribution in [0.2, 0.25) is 0 Å². The van der Waals surface area contributed by atoms with E-state index in [4.69, 9.17) is 9.82 Å². The summed E-state index contributed by atoms with van der Waals surface area (Å²) in [5, 5.41) is 4.53. The molecule has 6 nitrogen and oxygen atoms in total. The standard InChI is InChI=1S/C25H17N5O.CH4.2ClH/c1-2-7-18-17(6-1)23-19(24(18)30-31-15-16-5-4-11-26-13-16)8-3-9-20(23)25-28-21-10-12-27-14-22(21)29-25;;;/h1-14H,15H2,(H,28,29);1H4;2*1H/b30-24+;;;. The summed E-state index contributed by atoms with van der Waals surface area (Å²) in [6, 6.07) is 20.2. The van der Waals surface area contributed by atoms with Crippen LogP contribution in [-0.2, 0) is 11.4 Å². The number of nitrogens with zero attached hydrogens (tertiary/aromatic N) is 4. The largest absolute Gasteiger partial charge is 0.390 e. The molecule has 8 heteroatoms. The lowest BCUT2D eigenvalue weighted by atomic mass is 9.99. The second-order valence-electron chi connectivity index (χ2n) is 7.33. The molecule has 0 fully saturated rings. The van der Waals surface area contributed by atoms with Crippen LogP contribution in [0.1, 0.15) is 24.1 Å². The molecule has 1 aliphatic carbocycles. The average Bonchev–Trinajstić information content (AvgIpc) is 3.40. The Hall–Kier alpha value is -3.74. The van der Waals surface area contributed by atoms with E-state index < -0.39 is 0 Å². The lowest BCUT2D eigenvalue weighted by molar-refractivity contribution is 0.130. The maximum atomic E-state index is 5.73. The van der Waals surface area contributed by atoms with Crippen LogP contribution in [0, 0.1) is 0 Å². The first-order valence-electron chi connectivity index (χ1n) is 10.0. The molecule has 0 saturated carbocycles. The molecule has 1 N–H and O–H groups in total. The van der Waals surface area contributed by atoms with Gasteiger partial charge in [-0.05, 0) is 17.7 Å². The number of aromatic nitrogens is 4. The minimum atomic E-state index is 0. The zero-order valence-electron chi connectivity index (χ0n) is 17.3. The summed E-state index contributed by atoms with van der Waals surface area (Å²) in [5.41, 5.74) is 8.94. The Morgan fingerprint density at radius 3 is 2.32 bits per heavy atom. The maximum absolute atomic E-state index is 5.73. The third kappa shape index (κ3) is 4.25. The molecule has 6 rings (SSSR count). The molecule has 0 radical (unpaired) electrons. The number of imidazole rings is 1. The summed E-state index contributed by atoms with van der Waals surface area (Å²) >= 11 is 0. The maximum Gasteiger partial charge on any atom is 0.143 e. The molecule has 0 saturated heterocycles. The molecule has 0 amide bonds. The Balaban J connectivity index is 0.00000108. The van der Waals surface area contributed by atoms with Crippen molar-refractivity contribution in [3.63, 3.8) is 0 Å². The summed E-state index contributed by atoms with van der Waals surface area (Å²) in [4.78, 5) is 22.2. The lowest BCUT2D eigenvalue weighted by Gasteiger charge is -2.07. The highest BCUT2D eigenvalue weighted by Crippen LogP contribution is 2.42. The zero-order valence-corrected chi connectivity index (χ0v) is 18.9. The van der Waals surface area contributed by atoms with Gasteiger partial charge in [-0.3, -0.25) is 9.97 Å². The van der Waals surface area contributed by atoms with Crippen molar-refractivity contribution < 1.29 is 4.84 Å². The van der Waals surface area contributed by atoms with Gasteiger partial charge in [0.1, 0.15) is 18.1 Å². The molecular formula is C26H23Cl2N5O. The summed E-state index contributed by atoms with van der Waals surface area (Å²) in [6.45, 7) is 0.366. The van der Waals surface area contributed by atoms with Gasteiger partial charge in [-0.25, -0.2) is 4.98 Å². The van der Waals surface area contributed by atoms with Crippen LogP contribution in [0.25, 0.3) is 33.5 Å². The van der Waals surface area contributed by atoms with E-state index in [9.17, 15) is 0 Å². The number of benzene rings is 2. The van der Waals surface area contributed by atoms with Crippen LogP contribution in [0.15, 0.2) is 90.6 Å². The summed E-state index contributed by atoms with van der Waals surface area (Å²) in [6.07, 6.45) is 7.07. The molecule has 3 aromatic heterocycles. The Kier molecular flexibility index (Phi) is 7.66. The van der Waals surface area contributed by atoms with E-state index in [-0.39, 0.29) is 32.2 Å². The first kappa shape index (κ1) is 24.9. The Morgan fingerprint density at radius 1 is 0.765 bits per heavy atom. The second-order valence-corrected chi connectivity index (χ2v) is 7.33. The van der Waals surface area contributed by atoms with Crippen molar-refractivity contribution in [3.8, 4) is 22.5 Å². The fourth-order valence-electron chi connectivity index (χ4n) is 4.03. The quantitative estimate of drug-likeness (QED) is 0.287. The Morgan fingerprint density at radius 2 is 1.53 bits per heavy atom. The highest BCUT2D eigenvalue weighted by molar-refractivity contribution is 6.26.